The van der Waals surface area contributed by atoms with E-state index in [0.29, 0.717) is 24.5 Å². The lowest BCUT2D eigenvalue weighted by molar-refractivity contribution is 0.0909. The molecule has 192 valence electrons. The predicted molar refractivity (Wildman–Crippen MR) is 147 cm³/mol. The second kappa shape index (κ2) is 11.4. The van der Waals surface area contributed by atoms with E-state index in [0.717, 1.165) is 45.2 Å². The van der Waals surface area contributed by atoms with Gasteiger partial charge in [-0.05, 0) is 45.5 Å². The molecule has 0 unspecified atom stereocenters. The summed E-state index contributed by atoms with van der Waals surface area (Å²) in [6.07, 6.45) is 2.53. The molecule has 0 atom stereocenters. The number of rotatable bonds is 9. The maximum absolute atomic E-state index is 13.5. The highest BCUT2D eigenvalue weighted by Crippen LogP contribution is 2.30. The summed E-state index contributed by atoms with van der Waals surface area (Å²) >= 11 is 6.67. The number of aromatic nitrogens is 6. The number of H-pyrrole nitrogens is 1. The Morgan fingerprint density at radius 2 is 1.63 bits per heavy atom. The van der Waals surface area contributed by atoms with Crippen LogP contribution in [0, 0.1) is 0 Å². The number of hydrogen-bond donors (Lipinski definition) is 1. The minimum atomic E-state index is -0.408. The molecule has 2 aromatic heterocycles. The van der Waals surface area contributed by atoms with E-state index in [2.05, 4.69) is 27.5 Å². The zero-order valence-electron chi connectivity index (χ0n) is 21.0. The van der Waals surface area contributed by atoms with E-state index in [1.54, 1.807) is 4.57 Å². The number of carbonyl (C=O) groups is 1. The van der Waals surface area contributed by atoms with Gasteiger partial charge >= 0.3 is 5.69 Å². The van der Waals surface area contributed by atoms with Crippen LogP contribution < -0.4 is 5.69 Å². The first kappa shape index (κ1) is 25.4. The third-order valence-electron chi connectivity index (χ3n) is 6.53. The van der Waals surface area contributed by atoms with E-state index in [1.165, 1.54) is 0 Å². The summed E-state index contributed by atoms with van der Waals surface area (Å²) in [5.41, 5.74) is 4.91. The average Bonchev–Trinajstić information content (AvgIpc) is 3.56. The number of aromatic amines is 1. The van der Waals surface area contributed by atoms with Crippen molar-refractivity contribution in [2.24, 2.45) is 0 Å². The first-order valence-corrected chi connectivity index (χ1v) is 12.9. The van der Waals surface area contributed by atoms with Crippen molar-refractivity contribution in [3.8, 4) is 22.5 Å². The summed E-state index contributed by atoms with van der Waals surface area (Å²) < 4.78 is 2.75. The number of unbranched alkanes of at least 4 members (excludes halogenated alkanes) is 1. The largest absolute Gasteiger partial charge is 0.336 e. The van der Waals surface area contributed by atoms with Crippen LogP contribution >= 0.6 is 11.6 Å². The lowest BCUT2D eigenvalue weighted by Crippen LogP contribution is -2.30. The van der Waals surface area contributed by atoms with Crippen molar-refractivity contribution < 1.29 is 4.79 Å². The molecule has 0 aliphatic rings. The van der Waals surface area contributed by atoms with Gasteiger partial charge in [-0.25, -0.2) is 14.5 Å². The third-order valence-corrected chi connectivity index (χ3v) is 6.92. The summed E-state index contributed by atoms with van der Waals surface area (Å²) in [7, 11) is 0. The Bertz CT molecular complexity index is 1590. The summed E-state index contributed by atoms with van der Waals surface area (Å²) in [6, 6.07) is 25.2. The van der Waals surface area contributed by atoms with Gasteiger partial charge in [-0.3, -0.25) is 9.36 Å². The quantitative estimate of drug-likeness (QED) is 0.276. The molecule has 0 saturated heterocycles. The lowest BCUT2D eigenvalue weighted by Gasteiger charge is -2.10. The molecule has 9 heteroatoms. The van der Waals surface area contributed by atoms with Crippen molar-refractivity contribution >= 4 is 17.5 Å². The molecule has 0 aliphatic heterocycles. The molecule has 5 rings (SSSR count). The smallest absolute Gasteiger partial charge is 0.290 e. The summed E-state index contributed by atoms with van der Waals surface area (Å²) in [5, 5.41) is 14.4. The second-order valence-corrected chi connectivity index (χ2v) is 9.45. The fraction of sp³-hybridized carbons (Fsp3) is 0.207. The molecule has 0 bridgehead atoms. The Kier molecular flexibility index (Phi) is 7.60. The van der Waals surface area contributed by atoms with Crippen molar-refractivity contribution in [1.82, 2.24) is 29.8 Å². The fourth-order valence-corrected chi connectivity index (χ4v) is 4.92. The minimum absolute atomic E-state index is 0.104. The molecule has 0 amide bonds. The van der Waals surface area contributed by atoms with Gasteiger partial charge in [0, 0.05) is 5.56 Å². The zero-order chi connectivity index (χ0) is 26.5. The van der Waals surface area contributed by atoms with Crippen LogP contribution in [-0.4, -0.2) is 35.7 Å². The number of carbonyl (C=O) groups excluding carboxylic acids is 1. The van der Waals surface area contributed by atoms with E-state index < -0.39 is 5.69 Å². The minimum Gasteiger partial charge on any atom is -0.290 e. The van der Waals surface area contributed by atoms with Gasteiger partial charge < -0.3 is 0 Å². The van der Waals surface area contributed by atoms with Gasteiger partial charge in [-0.1, -0.05) is 104 Å². The highest BCUT2D eigenvalue weighted by Gasteiger charge is 2.23. The second-order valence-electron chi connectivity index (χ2n) is 9.09. The SMILES string of the molecule is CCCCc1c(Cl)n(C(=O)Cc2ccccc2)c(=O)n1Cc1ccc(-c2ccccc2-c2nnn[nH]2)cc1. The lowest BCUT2D eigenvalue weighted by atomic mass is 9.98. The molecule has 0 saturated carbocycles. The van der Waals surface area contributed by atoms with Gasteiger partial charge in [0.15, 0.2) is 5.82 Å². The molecule has 1 N–H and O–H groups in total. The van der Waals surface area contributed by atoms with Crippen molar-refractivity contribution in [2.45, 2.75) is 39.2 Å². The molecule has 3 aromatic carbocycles. The van der Waals surface area contributed by atoms with Crippen LogP contribution in [0.15, 0.2) is 83.7 Å². The Morgan fingerprint density at radius 1 is 0.921 bits per heavy atom. The molecule has 5 aromatic rings. The molecule has 8 nitrogen and oxygen atoms in total. The van der Waals surface area contributed by atoms with E-state index in [1.807, 2.05) is 78.9 Å². The Labute approximate surface area is 224 Å². The summed E-state index contributed by atoms with van der Waals surface area (Å²) in [5.74, 6) is 0.254. The fourth-order valence-electron chi connectivity index (χ4n) is 4.56. The number of halogens is 1. The zero-order valence-corrected chi connectivity index (χ0v) is 21.7. The Hall–Kier alpha value is -4.30. The first-order chi connectivity index (χ1) is 18.6. The monoisotopic (exact) mass is 526 g/mol. The van der Waals surface area contributed by atoms with Crippen LogP contribution in [0.2, 0.25) is 5.15 Å². The first-order valence-electron chi connectivity index (χ1n) is 12.6. The number of tetrazole rings is 1. The van der Waals surface area contributed by atoms with Gasteiger partial charge in [-0.15, -0.1) is 5.10 Å². The predicted octanol–water partition coefficient (Wildman–Crippen LogP) is 5.42. The van der Waals surface area contributed by atoms with Gasteiger partial charge in [0.05, 0.1) is 18.7 Å². The van der Waals surface area contributed by atoms with E-state index in [9.17, 15) is 9.59 Å². The van der Waals surface area contributed by atoms with Crippen molar-refractivity contribution in [2.75, 3.05) is 0 Å². The van der Waals surface area contributed by atoms with Crippen LogP contribution in [0.4, 0.5) is 0 Å². The van der Waals surface area contributed by atoms with Crippen molar-refractivity contribution in [3.63, 3.8) is 0 Å². The highest BCUT2D eigenvalue weighted by molar-refractivity contribution is 6.31. The van der Waals surface area contributed by atoms with E-state index in [4.69, 9.17) is 11.6 Å². The molecule has 0 spiro atoms. The normalized spacial score (nSPS) is 11.1. The third kappa shape index (κ3) is 5.21. The topological polar surface area (TPSA) is 98.5 Å². The molecule has 0 aliphatic carbocycles. The molecular formula is C29H27ClN6O2. The van der Waals surface area contributed by atoms with Crippen molar-refractivity contribution in [3.05, 3.63) is 111 Å². The maximum Gasteiger partial charge on any atom is 0.336 e. The molecule has 0 radical (unpaired) electrons. The van der Waals surface area contributed by atoms with Crippen LogP contribution in [0.5, 0.6) is 0 Å². The molecule has 0 fully saturated rings. The molecule has 38 heavy (non-hydrogen) atoms. The van der Waals surface area contributed by atoms with Crippen molar-refractivity contribution in [1.29, 1.82) is 0 Å². The van der Waals surface area contributed by atoms with Crippen LogP contribution in [0.25, 0.3) is 22.5 Å². The molecular weight excluding hydrogens is 500 g/mol. The number of hydrogen-bond acceptors (Lipinski definition) is 5. The van der Waals surface area contributed by atoms with Crippen LogP contribution in [0.1, 0.15) is 41.4 Å². The standard InChI is InChI=1S/C29H27ClN6O2/c1-2-3-13-25-27(30)36(26(37)18-20-9-5-4-6-10-20)29(38)35(25)19-21-14-16-22(17-15-21)23-11-7-8-12-24(23)28-31-33-34-32-28/h4-12,14-17H,2-3,13,18-19H2,1H3,(H,31,32,33,34). The number of benzene rings is 3. The van der Waals surface area contributed by atoms with Crippen LogP contribution in [-0.2, 0) is 19.4 Å². The highest BCUT2D eigenvalue weighted by atomic mass is 35.5. The maximum atomic E-state index is 13.5. The average molecular weight is 527 g/mol. The number of imidazole rings is 1. The van der Waals surface area contributed by atoms with Gasteiger partial charge in [-0.2, -0.15) is 0 Å². The molecule has 2 heterocycles. The Morgan fingerprint density at radius 3 is 2.32 bits per heavy atom. The Balaban J connectivity index is 1.45. The van der Waals surface area contributed by atoms with Gasteiger partial charge in [0.1, 0.15) is 5.15 Å². The van der Waals surface area contributed by atoms with Gasteiger partial charge in [0.25, 0.3) is 0 Å². The number of nitrogens with one attached hydrogen (secondary N) is 1. The van der Waals surface area contributed by atoms with E-state index >= 15 is 0 Å². The summed E-state index contributed by atoms with van der Waals surface area (Å²) in [6.45, 7) is 2.40. The van der Waals surface area contributed by atoms with E-state index in [-0.39, 0.29) is 17.5 Å². The van der Waals surface area contributed by atoms with Crippen LogP contribution in [0.3, 0.4) is 0 Å². The van der Waals surface area contributed by atoms with Gasteiger partial charge in [0.2, 0.25) is 5.91 Å². The summed E-state index contributed by atoms with van der Waals surface area (Å²) in [4.78, 5) is 26.6. The number of nitrogens with zero attached hydrogens (tertiary/aromatic N) is 5.